The van der Waals surface area contributed by atoms with Crippen LogP contribution in [0, 0.1) is 5.92 Å². The number of halogens is 2. The van der Waals surface area contributed by atoms with Gasteiger partial charge in [-0.3, -0.25) is 9.59 Å². The van der Waals surface area contributed by atoms with E-state index in [1.54, 1.807) is 25.1 Å². The highest BCUT2D eigenvalue weighted by molar-refractivity contribution is 6.35. The summed E-state index contributed by atoms with van der Waals surface area (Å²) >= 11 is 11.8. The second-order valence-electron chi connectivity index (χ2n) is 4.43. The molecule has 0 saturated carbocycles. The Bertz CT molecular complexity index is 491. The van der Waals surface area contributed by atoms with E-state index in [4.69, 9.17) is 28.3 Å². The van der Waals surface area contributed by atoms with Crippen molar-refractivity contribution in [3.63, 3.8) is 0 Å². The van der Waals surface area contributed by atoms with Crippen molar-refractivity contribution in [2.45, 2.75) is 13.3 Å². The molecule has 19 heavy (non-hydrogen) atoms. The molecule has 1 amide bonds. The molecule has 6 heteroatoms. The maximum absolute atomic E-state index is 12.0. The van der Waals surface area contributed by atoms with Crippen molar-refractivity contribution in [1.29, 1.82) is 0 Å². The Balaban J connectivity index is 2.70. The largest absolute Gasteiger partial charge is 0.480 e. The van der Waals surface area contributed by atoms with E-state index in [-0.39, 0.29) is 18.4 Å². The van der Waals surface area contributed by atoms with Crippen molar-refractivity contribution in [2.24, 2.45) is 5.92 Å². The lowest BCUT2D eigenvalue weighted by Crippen LogP contribution is -2.36. The van der Waals surface area contributed by atoms with Gasteiger partial charge in [-0.05, 0) is 24.1 Å². The van der Waals surface area contributed by atoms with Crippen LogP contribution in [0.1, 0.15) is 12.5 Å². The fourth-order valence-corrected chi connectivity index (χ4v) is 2.25. The fraction of sp³-hybridized carbons (Fsp3) is 0.385. The molecule has 0 aliphatic heterocycles. The normalized spacial score (nSPS) is 12.0. The number of hydrogen-bond acceptors (Lipinski definition) is 2. The van der Waals surface area contributed by atoms with Crippen LogP contribution in [-0.2, 0) is 16.0 Å². The Morgan fingerprint density at radius 1 is 1.37 bits per heavy atom. The molecule has 1 N–H and O–H groups in total. The molecular formula is C13H15Cl2NO3. The lowest BCUT2D eigenvalue weighted by molar-refractivity contribution is -0.144. The van der Waals surface area contributed by atoms with E-state index in [2.05, 4.69) is 0 Å². The highest BCUT2D eigenvalue weighted by atomic mass is 35.5. The van der Waals surface area contributed by atoms with E-state index in [0.717, 1.165) is 5.56 Å². The van der Waals surface area contributed by atoms with Crippen molar-refractivity contribution < 1.29 is 14.7 Å². The average Bonchev–Trinajstić information content (AvgIpc) is 2.30. The van der Waals surface area contributed by atoms with Crippen LogP contribution in [0.25, 0.3) is 0 Å². The lowest BCUT2D eigenvalue weighted by Gasteiger charge is -2.20. The van der Waals surface area contributed by atoms with Crippen LogP contribution in [0.5, 0.6) is 0 Å². The van der Waals surface area contributed by atoms with Crippen molar-refractivity contribution >= 4 is 35.1 Å². The van der Waals surface area contributed by atoms with E-state index in [9.17, 15) is 9.59 Å². The number of rotatable bonds is 5. The first-order valence-electron chi connectivity index (χ1n) is 5.72. The number of benzene rings is 1. The molecule has 0 aliphatic rings. The molecule has 104 valence electrons. The van der Waals surface area contributed by atoms with Crippen LogP contribution in [0.2, 0.25) is 10.0 Å². The maximum Gasteiger partial charge on any atom is 0.323 e. The predicted octanol–water partition coefficient (Wildman–Crippen LogP) is 2.71. The topological polar surface area (TPSA) is 57.6 Å². The van der Waals surface area contributed by atoms with Crippen molar-refractivity contribution in [3.8, 4) is 0 Å². The van der Waals surface area contributed by atoms with Crippen molar-refractivity contribution in [1.82, 2.24) is 4.90 Å². The minimum absolute atomic E-state index is 0.228. The van der Waals surface area contributed by atoms with Gasteiger partial charge in [-0.25, -0.2) is 0 Å². The summed E-state index contributed by atoms with van der Waals surface area (Å²) in [7, 11) is 1.47. The van der Waals surface area contributed by atoms with Gasteiger partial charge in [0.25, 0.3) is 0 Å². The highest BCUT2D eigenvalue weighted by Crippen LogP contribution is 2.23. The third-order valence-corrected chi connectivity index (χ3v) is 3.30. The second kappa shape index (κ2) is 6.78. The standard InChI is InChI=1S/C13H15Cl2NO3/c1-8(13(19)16(2)7-12(17)18)5-9-3-4-10(14)6-11(9)15/h3-4,6,8H,5,7H2,1-2H3,(H,17,18). The monoisotopic (exact) mass is 303 g/mol. The number of carbonyl (C=O) groups excluding carboxylic acids is 1. The SMILES string of the molecule is CC(Cc1ccc(Cl)cc1Cl)C(=O)N(C)CC(=O)O. The fourth-order valence-electron chi connectivity index (χ4n) is 1.76. The number of nitrogens with zero attached hydrogens (tertiary/aromatic N) is 1. The van der Waals surface area contributed by atoms with Gasteiger partial charge in [-0.1, -0.05) is 36.2 Å². The molecule has 4 nitrogen and oxygen atoms in total. The molecule has 0 bridgehead atoms. The van der Waals surface area contributed by atoms with E-state index < -0.39 is 5.97 Å². The second-order valence-corrected chi connectivity index (χ2v) is 5.27. The first-order valence-corrected chi connectivity index (χ1v) is 6.47. The number of likely N-dealkylation sites (N-methyl/N-ethyl adjacent to an activating group) is 1. The number of carbonyl (C=O) groups is 2. The van der Waals surface area contributed by atoms with E-state index >= 15 is 0 Å². The number of amides is 1. The van der Waals surface area contributed by atoms with E-state index in [0.29, 0.717) is 16.5 Å². The molecule has 1 aromatic rings. The number of carboxylic acid groups (broad SMARTS) is 1. The molecule has 0 aliphatic carbocycles. The first kappa shape index (κ1) is 15.8. The number of hydrogen-bond donors (Lipinski definition) is 1. The molecule has 0 radical (unpaired) electrons. The summed E-state index contributed by atoms with van der Waals surface area (Å²) < 4.78 is 0. The Labute approximate surface area is 121 Å². The lowest BCUT2D eigenvalue weighted by atomic mass is 10.00. The van der Waals surface area contributed by atoms with Crippen molar-refractivity contribution in [2.75, 3.05) is 13.6 Å². The van der Waals surface area contributed by atoms with Crippen LogP contribution in [0.3, 0.4) is 0 Å². The smallest absolute Gasteiger partial charge is 0.323 e. The van der Waals surface area contributed by atoms with Crippen LogP contribution < -0.4 is 0 Å². The summed E-state index contributed by atoms with van der Waals surface area (Å²) in [5.41, 5.74) is 0.815. The molecule has 1 atom stereocenters. The summed E-state index contributed by atoms with van der Waals surface area (Å²) in [6.45, 7) is 1.43. The van der Waals surface area contributed by atoms with Crippen molar-refractivity contribution in [3.05, 3.63) is 33.8 Å². The zero-order chi connectivity index (χ0) is 14.6. The quantitative estimate of drug-likeness (QED) is 0.910. The zero-order valence-electron chi connectivity index (χ0n) is 10.7. The van der Waals surface area contributed by atoms with Gasteiger partial charge in [-0.2, -0.15) is 0 Å². The third kappa shape index (κ3) is 4.73. The molecule has 0 spiro atoms. The van der Waals surface area contributed by atoms with Gasteiger partial charge >= 0.3 is 5.97 Å². The molecule has 0 heterocycles. The molecule has 0 aromatic heterocycles. The third-order valence-electron chi connectivity index (χ3n) is 2.71. The maximum atomic E-state index is 12.0. The summed E-state index contributed by atoms with van der Waals surface area (Å²) in [6.07, 6.45) is 0.443. The molecule has 0 fully saturated rings. The Morgan fingerprint density at radius 3 is 2.53 bits per heavy atom. The van der Waals surface area contributed by atoms with Crippen LogP contribution >= 0.6 is 23.2 Å². The molecular weight excluding hydrogens is 289 g/mol. The first-order chi connectivity index (χ1) is 8.81. The summed E-state index contributed by atoms with van der Waals surface area (Å²) in [5.74, 6) is -1.61. The summed E-state index contributed by atoms with van der Waals surface area (Å²) in [4.78, 5) is 23.7. The Hall–Kier alpha value is -1.26. The van der Waals surface area contributed by atoms with E-state index in [1.165, 1.54) is 11.9 Å². The summed E-state index contributed by atoms with van der Waals surface area (Å²) in [5, 5.41) is 9.69. The van der Waals surface area contributed by atoms with E-state index in [1.807, 2.05) is 0 Å². The molecule has 1 aromatic carbocycles. The number of carboxylic acids is 1. The predicted molar refractivity (Wildman–Crippen MR) is 74.6 cm³/mol. The minimum Gasteiger partial charge on any atom is -0.480 e. The van der Waals surface area contributed by atoms with Gasteiger partial charge in [0, 0.05) is 23.0 Å². The molecule has 1 rings (SSSR count). The zero-order valence-corrected chi connectivity index (χ0v) is 12.2. The Kier molecular flexibility index (Phi) is 5.63. The van der Waals surface area contributed by atoms with Gasteiger partial charge in [0.05, 0.1) is 0 Å². The molecule has 0 saturated heterocycles. The van der Waals surface area contributed by atoms with Gasteiger partial charge < -0.3 is 10.0 Å². The van der Waals surface area contributed by atoms with Gasteiger partial charge in [0.1, 0.15) is 6.54 Å². The Morgan fingerprint density at radius 2 is 2.00 bits per heavy atom. The van der Waals surface area contributed by atoms with Gasteiger partial charge in [0.15, 0.2) is 0 Å². The van der Waals surface area contributed by atoms with Crippen LogP contribution in [0.15, 0.2) is 18.2 Å². The summed E-state index contributed by atoms with van der Waals surface area (Å²) in [6, 6.07) is 5.10. The molecule has 1 unspecified atom stereocenters. The van der Waals surface area contributed by atoms with Gasteiger partial charge in [0.2, 0.25) is 5.91 Å². The van der Waals surface area contributed by atoms with Crippen LogP contribution in [-0.4, -0.2) is 35.5 Å². The van der Waals surface area contributed by atoms with Gasteiger partial charge in [-0.15, -0.1) is 0 Å². The van der Waals surface area contributed by atoms with Crippen LogP contribution in [0.4, 0.5) is 0 Å². The highest BCUT2D eigenvalue weighted by Gasteiger charge is 2.20. The average molecular weight is 304 g/mol. The number of aliphatic carboxylic acids is 1. The minimum atomic E-state index is -1.03.